The van der Waals surface area contributed by atoms with E-state index in [9.17, 15) is 0 Å². The molecule has 2 aliphatic rings. The van der Waals surface area contributed by atoms with Crippen molar-refractivity contribution < 1.29 is 0 Å². The highest BCUT2D eigenvalue weighted by Crippen LogP contribution is 2.36. The number of hydrogen-bond acceptors (Lipinski definition) is 2. The van der Waals surface area contributed by atoms with E-state index >= 15 is 0 Å². The highest BCUT2D eigenvalue weighted by molar-refractivity contribution is 7.80. The van der Waals surface area contributed by atoms with E-state index in [-0.39, 0.29) is 0 Å². The second-order valence-electron chi connectivity index (χ2n) is 6.40. The van der Waals surface area contributed by atoms with Gasteiger partial charge in [0.05, 0.1) is 0 Å². The molecule has 1 saturated carbocycles. The summed E-state index contributed by atoms with van der Waals surface area (Å²) in [4.78, 5) is 3.05. The Morgan fingerprint density at radius 1 is 1.24 bits per heavy atom. The summed E-state index contributed by atoms with van der Waals surface area (Å²) >= 11 is 11.4. The Hall–Kier alpha value is -0.640. The fraction of sp³-hybridized carbons (Fsp3) is 0.588. The van der Waals surface area contributed by atoms with E-state index in [1.54, 1.807) is 0 Å². The summed E-state index contributed by atoms with van der Waals surface area (Å²) in [6.07, 6.45) is 8.33. The number of rotatable bonds is 4. The van der Waals surface area contributed by atoms with Crippen molar-refractivity contribution >= 4 is 28.8 Å². The Labute approximate surface area is 137 Å². The molecule has 1 heterocycles. The van der Waals surface area contributed by atoms with Crippen LogP contribution >= 0.6 is 23.8 Å². The van der Waals surface area contributed by atoms with E-state index in [4.69, 9.17) is 29.6 Å². The standard InChI is InChI=1S/C17H23ClN2S/c18-15-10-13(17(19)21)7-8-14(15)11-20-9-3-6-16(20)12-4-1-2-5-12/h7-8,10,12,16H,1-6,9,11H2,(H2,19,21). The van der Waals surface area contributed by atoms with Crippen molar-refractivity contribution in [2.45, 2.75) is 51.1 Å². The second kappa shape index (κ2) is 6.64. The maximum atomic E-state index is 6.42. The summed E-state index contributed by atoms with van der Waals surface area (Å²) in [5.41, 5.74) is 7.71. The van der Waals surface area contributed by atoms with Gasteiger partial charge in [-0.3, -0.25) is 4.90 Å². The van der Waals surface area contributed by atoms with Crippen LogP contribution in [0.2, 0.25) is 5.02 Å². The number of benzene rings is 1. The number of nitrogens with zero attached hydrogens (tertiary/aromatic N) is 1. The van der Waals surface area contributed by atoms with E-state index in [2.05, 4.69) is 11.0 Å². The molecule has 1 saturated heterocycles. The first kappa shape index (κ1) is 15.3. The molecule has 4 heteroatoms. The molecule has 0 bridgehead atoms. The summed E-state index contributed by atoms with van der Waals surface area (Å²) in [6.45, 7) is 2.16. The SMILES string of the molecule is NC(=S)c1ccc(CN2CCCC2C2CCCC2)c(Cl)c1. The van der Waals surface area contributed by atoms with Gasteiger partial charge in [-0.1, -0.05) is 48.8 Å². The number of halogens is 1. The highest BCUT2D eigenvalue weighted by atomic mass is 35.5. The van der Waals surface area contributed by atoms with Crippen LogP contribution in [0.1, 0.15) is 49.7 Å². The molecule has 1 atom stereocenters. The molecular weight excluding hydrogens is 300 g/mol. The van der Waals surface area contributed by atoms with Gasteiger partial charge in [0.2, 0.25) is 0 Å². The van der Waals surface area contributed by atoms with Gasteiger partial charge in [0, 0.05) is 23.2 Å². The normalized spacial score (nSPS) is 23.8. The third-order valence-corrected chi connectivity index (χ3v) is 5.66. The van der Waals surface area contributed by atoms with Gasteiger partial charge in [0.25, 0.3) is 0 Å². The van der Waals surface area contributed by atoms with Crippen LogP contribution in [0.4, 0.5) is 0 Å². The quantitative estimate of drug-likeness (QED) is 0.845. The van der Waals surface area contributed by atoms with Crippen molar-refractivity contribution in [2.75, 3.05) is 6.54 Å². The number of hydrogen-bond donors (Lipinski definition) is 1. The zero-order valence-electron chi connectivity index (χ0n) is 12.4. The molecule has 2 fully saturated rings. The van der Waals surface area contributed by atoms with E-state index < -0.39 is 0 Å². The predicted octanol–water partition coefficient (Wildman–Crippen LogP) is 4.13. The van der Waals surface area contributed by atoms with Crippen molar-refractivity contribution in [3.05, 3.63) is 34.3 Å². The lowest BCUT2D eigenvalue weighted by molar-refractivity contribution is 0.183. The molecule has 1 aromatic rings. The molecule has 0 radical (unpaired) electrons. The number of nitrogens with two attached hydrogens (primary N) is 1. The Kier molecular flexibility index (Phi) is 4.82. The molecule has 21 heavy (non-hydrogen) atoms. The smallest absolute Gasteiger partial charge is 0.104 e. The van der Waals surface area contributed by atoms with Crippen LogP contribution in [0.15, 0.2) is 18.2 Å². The van der Waals surface area contributed by atoms with Crippen LogP contribution in [-0.2, 0) is 6.54 Å². The first-order valence-corrected chi connectivity index (χ1v) is 8.76. The molecule has 1 aliphatic carbocycles. The van der Waals surface area contributed by atoms with Crippen LogP contribution in [0.3, 0.4) is 0 Å². The van der Waals surface area contributed by atoms with Crippen molar-refractivity contribution in [2.24, 2.45) is 11.7 Å². The van der Waals surface area contributed by atoms with Crippen LogP contribution in [-0.4, -0.2) is 22.5 Å². The van der Waals surface area contributed by atoms with Crippen LogP contribution in [0.25, 0.3) is 0 Å². The minimum Gasteiger partial charge on any atom is -0.389 e. The monoisotopic (exact) mass is 322 g/mol. The minimum atomic E-state index is 0.411. The molecule has 0 aromatic heterocycles. The van der Waals surface area contributed by atoms with Gasteiger partial charge in [-0.25, -0.2) is 0 Å². The number of likely N-dealkylation sites (tertiary alicyclic amines) is 1. The van der Waals surface area contributed by atoms with Gasteiger partial charge in [-0.05, 0) is 49.8 Å². The van der Waals surface area contributed by atoms with Crippen molar-refractivity contribution in [1.82, 2.24) is 4.90 Å². The van der Waals surface area contributed by atoms with Crippen LogP contribution in [0.5, 0.6) is 0 Å². The molecule has 1 unspecified atom stereocenters. The lowest BCUT2D eigenvalue weighted by Crippen LogP contribution is -2.34. The zero-order chi connectivity index (χ0) is 14.8. The zero-order valence-corrected chi connectivity index (χ0v) is 13.9. The van der Waals surface area contributed by atoms with E-state index in [0.29, 0.717) is 4.99 Å². The average Bonchev–Trinajstić information content (AvgIpc) is 3.11. The van der Waals surface area contributed by atoms with Crippen molar-refractivity contribution in [1.29, 1.82) is 0 Å². The van der Waals surface area contributed by atoms with E-state index in [0.717, 1.165) is 29.1 Å². The van der Waals surface area contributed by atoms with E-state index in [1.807, 2.05) is 12.1 Å². The topological polar surface area (TPSA) is 29.3 Å². The largest absolute Gasteiger partial charge is 0.389 e. The summed E-state index contributed by atoms with van der Waals surface area (Å²) in [5.74, 6) is 0.905. The lowest BCUT2D eigenvalue weighted by atomic mass is 9.95. The molecule has 1 aromatic carbocycles. The third kappa shape index (κ3) is 3.41. The van der Waals surface area contributed by atoms with Crippen LogP contribution in [0, 0.1) is 5.92 Å². The summed E-state index contributed by atoms with van der Waals surface area (Å²) in [7, 11) is 0. The highest BCUT2D eigenvalue weighted by Gasteiger charge is 2.33. The van der Waals surface area contributed by atoms with Gasteiger partial charge in [-0.15, -0.1) is 0 Å². The van der Waals surface area contributed by atoms with E-state index in [1.165, 1.54) is 50.6 Å². The third-order valence-electron chi connectivity index (χ3n) is 5.07. The van der Waals surface area contributed by atoms with Gasteiger partial charge >= 0.3 is 0 Å². The first-order valence-electron chi connectivity index (χ1n) is 7.97. The Morgan fingerprint density at radius 3 is 2.67 bits per heavy atom. The van der Waals surface area contributed by atoms with Crippen LogP contribution < -0.4 is 5.73 Å². The van der Waals surface area contributed by atoms with Crippen molar-refractivity contribution in [3.63, 3.8) is 0 Å². The maximum Gasteiger partial charge on any atom is 0.104 e. The molecule has 0 amide bonds. The average molecular weight is 323 g/mol. The molecule has 0 spiro atoms. The lowest BCUT2D eigenvalue weighted by Gasteiger charge is -2.29. The fourth-order valence-corrected chi connectivity index (χ4v) is 4.34. The maximum absolute atomic E-state index is 6.42. The van der Waals surface area contributed by atoms with Gasteiger partial charge in [-0.2, -0.15) is 0 Å². The molecule has 3 rings (SSSR count). The Morgan fingerprint density at radius 2 is 2.00 bits per heavy atom. The molecule has 2 nitrogen and oxygen atoms in total. The van der Waals surface area contributed by atoms with Crippen molar-refractivity contribution in [3.8, 4) is 0 Å². The molecule has 2 N–H and O–H groups in total. The van der Waals surface area contributed by atoms with Gasteiger partial charge in [0.1, 0.15) is 4.99 Å². The predicted molar refractivity (Wildman–Crippen MR) is 92.7 cm³/mol. The second-order valence-corrected chi connectivity index (χ2v) is 7.24. The first-order chi connectivity index (χ1) is 10.1. The molecule has 1 aliphatic heterocycles. The van der Waals surface area contributed by atoms with Gasteiger partial charge < -0.3 is 5.73 Å². The summed E-state index contributed by atoms with van der Waals surface area (Å²) < 4.78 is 0. The minimum absolute atomic E-state index is 0.411. The number of thiocarbonyl (C=S) groups is 1. The molecule has 114 valence electrons. The van der Waals surface area contributed by atoms with Gasteiger partial charge in [0.15, 0.2) is 0 Å². The summed E-state index contributed by atoms with van der Waals surface area (Å²) in [5, 5.41) is 0.789. The summed E-state index contributed by atoms with van der Waals surface area (Å²) in [6, 6.07) is 6.74. The Bertz CT molecular complexity index is 526. The Balaban J connectivity index is 1.71. The molecular formula is C17H23ClN2S. The fourth-order valence-electron chi connectivity index (χ4n) is 3.97.